The molecule has 0 saturated carbocycles. The lowest BCUT2D eigenvalue weighted by molar-refractivity contribution is 0.0383. The third-order valence-corrected chi connectivity index (χ3v) is 4.31. The second-order valence-corrected chi connectivity index (χ2v) is 5.99. The molecule has 1 fully saturated rings. The number of benzene rings is 1. The molecule has 3 rings (SSSR count). The molecule has 134 valence electrons. The van der Waals surface area contributed by atoms with Gasteiger partial charge in [-0.25, -0.2) is 9.07 Å². The van der Waals surface area contributed by atoms with Crippen LogP contribution in [0, 0.1) is 5.82 Å². The minimum absolute atomic E-state index is 0.227. The number of amides is 1. The molecule has 1 aromatic carbocycles. The number of ether oxygens (including phenoxy) is 1. The van der Waals surface area contributed by atoms with Gasteiger partial charge in [0.25, 0.3) is 5.91 Å². The molecular formula is C17H22FN5O2. The predicted molar refractivity (Wildman–Crippen MR) is 89.8 cm³/mol. The molecule has 25 heavy (non-hydrogen) atoms. The fourth-order valence-corrected chi connectivity index (χ4v) is 2.77. The summed E-state index contributed by atoms with van der Waals surface area (Å²) >= 11 is 0. The molecule has 1 aromatic heterocycles. The van der Waals surface area contributed by atoms with Crippen LogP contribution >= 0.6 is 0 Å². The number of hydrogen-bond donors (Lipinski definition) is 1. The first-order chi connectivity index (χ1) is 12.1. The molecule has 7 nitrogen and oxygen atoms in total. The fraction of sp³-hybridized carbons (Fsp3) is 0.471. The van der Waals surface area contributed by atoms with Crippen molar-refractivity contribution in [3.05, 3.63) is 47.5 Å². The Morgan fingerprint density at radius 3 is 2.88 bits per heavy atom. The predicted octanol–water partition coefficient (Wildman–Crippen LogP) is 1.09. The summed E-state index contributed by atoms with van der Waals surface area (Å²) in [7, 11) is 0. The molecule has 1 atom stereocenters. The highest BCUT2D eigenvalue weighted by molar-refractivity contribution is 5.91. The summed E-state index contributed by atoms with van der Waals surface area (Å²) in [5.41, 5.74) is 0.733. The molecule has 0 radical (unpaired) electrons. The summed E-state index contributed by atoms with van der Waals surface area (Å²) < 4.78 is 20.7. The Kier molecular flexibility index (Phi) is 5.72. The van der Waals surface area contributed by atoms with E-state index in [1.54, 1.807) is 24.4 Å². The van der Waals surface area contributed by atoms with Crippen LogP contribution in [0.2, 0.25) is 0 Å². The third kappa shape index (κ3) is 4.40. The summed E-state index contributed by atoms with van der Waals surface area (Å²) in [5, 5.41) is 10.7. The Labute approximate surface area is 145 Å². The first-order valence-electron chi connectivity index (χ1n) is 8.39. The summed E-state index contributed by atoms with van der Waals surface area (Å²) in [6.07, 6.45) is 1.54. The highest BCUT2D eigenvalue weighted by Gasteiger charge is 2.17. The van der Waals surface area contributed by atoms with Crippen molar-refractivity contribution in [1.29, 1.82) is 0 Å². The molecule has 1 aliphatic heterocycles. The monoisotopic (exact) mass is 347 g/mol. The van der Waals surface area contributed by atoms with Gasteiger partial charge in [0, 0.05) is 31.7 Å². The average molecular weight is 347 g/mol. The molecular weight excluding hydrogens is 325 g/mol. The molecule has 1 amide bonds. The van der Waals surface area contributed by atoms with Crippen LogP contribution in [0.4, 0.5) is 4.39 Å². The zero-order chi connectivity index (χ0) is 17.6. The van der Waals surface area contributed by atoms with Crippen LogP contribution in [-0.4, -0.2) is 65.2 Å². The van der Waals surface area contributed by atoms with Crippen LogP contribution in [0.3, 0.4) is 0 Å². The second-order valence-electron chi connectivity index (χ2n) is 5.99. The maximum Gasteiger partial charge on any atom is 0.273 e. The molecule has 0 spiro atoms. The zero-order valence-electron chi connectivity index (χ0n) is 14.2. The third-order valence-electron chi connectivity index (χ3n) is 4.31. The lowest BCUT2D eigenvalue weighted by atomic mass is 10.1. The maximum atomic E-state index is 13.9. The van der Waals surface area contributed by atoms with Gasteiger partial charge in [0.05, 0.1) is 25.5 Å². The Bertz CT molecular complexity index is 715. The number of rotatable bonds is 6. The van der Waals surface area contributed by atoms with Crippen LogP contribution in [0.15, 0.2) is 30.5 Å². The van der Waals surface area contributed by atoms with Gasteiger partial charge < -0.3 is 10.1 Å². The van der Waals surface area contributed by atoms with Crippen molar-refractivity contribution in [1.82, 2.24) is 25.2 Å². The number of aromatic nitrogens is 3. The van der Waals surface area contributed by atoms with Gasteiger partial charge >= 0.3 is 0 Å². The summed E-state index contributed by atoms with van der Waals surface area (Å²) in [6, 6.07) is 6.17. The molecule has 8 heteroatoms. The molecule has 1 saturated heterocycles. The number of carbonyl (C=O) groups is 1. The standard InChI is InChI=1S/C17H22FN5O2/c1-13(14-4-2-3-5-15(14)18)23-12-16(20-21-23)17(24)19-6-7-22-8-10-25-11-9-22/h2-5,12-13H,6-11H2,1H3,(H,19,24)/t13-/m1/s1. The van der Waals surface area contributed by atoms with Gasteiger partial charge in [-0.1, -0.05) is 23.4 Å². The van der Waals surface area contributed by atoms with Crippen LogP contribution < -0.4 is 5.32 Å². The van der Waals surface area contributed by atoms with Gasteiger partial charge in [0.1, 0.15) is 5.82 Å². The van der Waals surface area contributed by atoms with Gasteiger partial charge in [-0.2, -0.15) is 0 Å². The van der Waals surface area contributed by atoms with Crippen molar-refractivity contribution in [2.75, 3.05) is 39.4 Å². The Balaban J connectivity index is 1.55. The van der Waals surface area contributed by atoms with E-state index in [0.717, 1.165) is 32.8 Å². The van der Waals surface area contributed by atoms with E-state index < -0.39 is 0 Å². The van der Waals surface area contributed by atoms with E-state index in [1.807, 2.05) is 6.92 Å². The summed E-state index contributed by atoms with van der Waals surface area (Å²) in [5.74, 6) is -0.581. The summed E-state index contributed by atoms with van der Waals surface area (Å²) in [6.45, 7) is 6.35. The largest absolute Gasteiger partial charge is 0.379 e. The van der Waals surface area contributed by atoms with E-state index >= 15 is 0 Å². The molecule has 2 aromatic rings. The summed E-state index contributed by atoms with van der Waals surface area (Å²) in [4.78, 5) is 14.4. The van der Waals surface area contributed by atoms with E-state index in [-0.39, 0.29) is 23.5 Å². The second kappa shape index (κ2) is 8.17. The zero-order valence-corrected chi connectivity index (χ0v) is 14.2. The topological polar surface area (TPSA) is 72.3 Å². The van der Waals surface area contributed by atoms with Gasteiger partial charge in [-0.3, -0.25) is 9.69 Å². The normalized spacial score (nSPS) is 16.6. The van der Waals surface area contributed by atoms with Crippen molar-refractivity contribution >= 4 is 5.91 Å². The van der Waals surface area contributed by atoms with Crippen LogP contribution in [0.1, 0.15) is 29.0 Å². The van der Waals surface area contributed by atoms with Crippen LogP contribution in [0.5, 0.6) is 0 Å². The minimum Gasteiger partial charge on any atom is -0.379 e. The molecule has 2 heterocycles. The molecule has 0 bridgehead atoms. The van der Waals surface area contributed by atoms with E-state index in [4.69, 9.17) is 4.74 Å². The number of morpholine rings is 1. The van der Waals surface area contributed by atoms with Crippen LogP contribution in [-0.2, 0) is 4.74 Å². The van der Waals surface area contributed by atoms with Gasteiger partial charge in [-0.05, 0) is 13.0 Å². The smallest absolute Gasteiger partial charge is 0.273 e. The van der Waals surface area contributed by atoms with Gasteiger partial charge in [0.2, 0.25) is 0 Å². The quantitative estimate of drug-likeness (QED) is 0.847. The minimum atomic E-state index is -0.344. The van der Waals surface area contributed by atoms with E-state index in [1.165, 1.54) is 10.7 Å². The Morgan fingerprint density at radius 2 is 2.12 bits per heavy atom. The lowest BCUT2D eigenvalue weighted by Crippen LogP contribution is -2.41. The van der Waals surface area contributed by atoms with Crippen molar-refractivity contribution in [2.24, 2.45) is 0 Å². The Morgan fingerprint density at radius 1 is 1.36 bits per heavy atom. The number of nitrogens with one attached hydrogen (secondary N) is 1. The number of carbonyl (C=O) groups excluding carboxylic acids is 1. The first-order valence-corrected chi connectivity index (χ1v) is 8.39. The first kappa shape index (κ1) is 17.5. The Hall–Kier alpha value is -2.32. The highest BCUT2D eigenvalue weighted by atomic mass is 19.1. The van der Waals surface area contributed by atoms with Crippen LogP contribution in [0.25, 0.3) is 0 Å². The SMILES string of the molecule is C[C@H](c1ccccc1F)n1cc(C(=O)NCCN2CCOCC2)nn1. The van der Waals surface area contributed by atoms with Crippen molar-refractivity contribution in [3.8, 4) is 0 Å². The van der Waals surface area contributed by atoms with Crippen molar-refractivity contribution < 1.29 is 13.9 Å². The van der Waals surface area contributed by atoms with Gasteiger partial charge in [0.15, 0.2) is 5.69 Å². The number of hydrogen-bond acceptors (Lipinski definition) is 5. The highest BCUT2D eigenvalue weighted by Crippen LogP contribution is 2.19. The van der Waals surface area contributed by atoms with E-state index in [9.17, 15) is 9.18 Å². The van der Waals surface area contributed by atoms with Crippen molar-refractivity contribution in [3.63, 3.8) is 0 Å². The lowest BCUT2D eigenvalue weighted by Gasteiger charge is -2.26. The molecule has 1 N–H and O–H groups in total. The van der Waals surface area contributed by atoms with E-state index in [0.29, 0.717) is 12.1 Å². The number of halogens is 1. The molecule has 0 unspecified atom stereocenters. The van der Waals surface area contributed by atoms with Gasteiger partial charge in [-0.15, -0.1) is 5.10 Å². The van der Waals surface area contributed by atoms with E-state index in [2.05, 4.69) is 20.5 Å². The molecule has 1 aliphatic rings. The fourth-order valence-electron chi connectivity index (χ4n) is 2.77. The maximum absolute atomic E-state index is 13.9. The number of nitrogens with zero attached hydrogens (tertiary/aromatic N) is 4. The van der Waals surface area contributed by atoms with Crippen molar-refractivity contribution in [2.45, 2.75) is 13.0 Å². The molecule has 0 aliphatic carbocycles. The average Bonchev–Trinajstić information content (AvgIpc) is 3.13.